The van der Waals surface area contributed by atoms with Crippen LogP contribution in [-0.2, 0) is 4.74 Å². The van der Waals surface area contributed by atoms with Gasteiger partial charge in [-0.2, -0.15) is 0 Å². The Kier molecular flexibility index (Phi) is 4.50. The molecule has 0 aliphatic carbocycles. The second-order valence-electron chi connectivity index (χ2n) is 3.87. The Morgan fingerprint density at radius 3 is 2.94 bits per heavy atom. The molecular weight excluding hydrogens is 265 g/mol. The van der Waals surface area contributed by atoms with Crippen molar-refractivity contribution in [2.24, 2.45) is 0 Å². The van der Waals surface area contributed by atoms with Gasteiger partial charge in [-0.3, -0.25) is 0 Å². The van der Waals surface area contributed by atoms with Gasteiger partial charge < -0.3 is 10.1 Å². The summed E-state index contributed by atoms with van der Waals surface area (Å²) in [7, 11) is 0. The van der Waals surface area contributed by atoms with Gasteiger partial charge >= 0.3 is 0 Å². The summed E-state index contributed by atoms with van der Waals surface area (Å²) < 4.78 is 7.23. The van der Waals surface area contributed by atoms with E-state index in [1.54, 1.807) is 0 Å². The molecule has 1 saturated heterocycles. The average molecular weight is 280 g/mol. The van der Waals surface area contributed by atoms with E-state index in [0.717, 1.165) is 40.2 Å². The van der Waals surface area contributed by atoms with E-state index in [9.17, 15) is 0 Å². The van der Waals surface area contributed by atoms with Crippen LogP contribution >= 0.6 is 34.5 Å². The van der Waals surface area contributed by atoms with Gasteiger partial charge in [-0.1, -0.05) is 30.1 Å². The number of hydrogen-bond donors (Lipinski definition) is 1. The average Bonchev–Trinajstić information content (AvgIpc) is 2.85. The fourth-order valence-electron chi connectivity index (χ4n) is 2.09. The third kappa shape index (κ3) is 2.71. The standard InChI is InChI=1S/C11H15Cl2NOS/c1-2-14-10(8-4-3-5-15-8)7-6-9(12)16-11(7)13/h6,8,10,14H,2-5H2,1H3. The van der Waals surface area contributed by atoms with E-state index in [0.29, 0.717) is 0 Å². The van der Waals surface area contributed by atoms with Gasteiger partial charge in [0.05, 0.1) is 20.8 Å². The molecule has 2 heterocycles. The van der Waals surface area contributed by atoms with Crippen LogP contribution < -0.4 is 5.32 Å². The molecule has 90 valence electrons. The molecule has 1 aliphatic rings. The molecule has 1 aromatic rings. The van der Waals surface area contributed by atoms with E-state index in [2.05, 4.69) is 12.2 Å². The molecule has 2 nitrogen and oxygen atoms in total. The summed E-state index contributed by atoms with van der Waals surface area (Å²) in [4.78, 5) is 0. The van der Waals surface area contributed by atoms with Gasteiger partial charge in [-0.15, -0.1) is 11.3 Å². The smallest absolute Gasteiger partial charge is 0.0992 e. The lowest BCUT2D eigenvalue weighted by Gasteiger charge is -2.23. The molecule has 0 spiro atoms. The van der Waals surface area contributed by atoms with Gasteiger partial charge in [0.2, 0.25) is 0 Å². The Morgan fingerprint density at radius 1 is 1.62 bits per heavy atom. The van der Waals surface area contributed by atoms with Crippen molar-refractivity contribution in [1.29, 1.82) is 0 Å². The lowest BCUT2D eigenvalue weighted by molar-refractivity contribution is 0.0790. The first-order valence-corrected chi connectivity index (χ1v) is 7.09. The van der Waals surface area contributed by atoms with Crippen molar-refractivity contribution < 1.29 is 4.74 Å². The maximum absolute atomic E-state index is 6.19. The minimum atomic E-state index is 0.170. The Morgan fingerprint density at radius 2 is 2.44 bits per heavy atom. The summed E-state index contributed by atoms with van der Waals surface area (Å²) >= 11 is 13.6. The molecule has 0 aromatic carbocycles. The molecule has 2 unspecified atom stereocenters. The number of likely N-dealkylation sites (N-methyl/N-ethyl adjacent to an activating group) is 1. The Hall–Kier alpha value is 0.200. The van der Waals surface area contributed by atoms with Gasteiger partial charge in [0.15, 0.2) is 0 Å². The maximum atomic E-state index is 6.19. The zero-order valence-corrected chi connectivity index (χ0v) is 11.5. The van der Waals surface area contributed by atoms with E-state index < -0.39 is 0 Å². The highest BCUT2D eigenvalue weighted by Crippen LogP contribution is 2.38. The first-order chi connectivity index (χ1) is 7.72. The Balaban J connectivity index is 2.20. The fourth-order valence-corrected chi connectivity index (χ4v) is 3.64. The maximum Gasteiger partial charge on any atom is 0.0992 e. The van der Waals surface area contributed by atoms with Crippen LogP contribution in [0.5, 0.6) is 0 Å². The topological polar surface area (TPSA) is 21.3 Å². The van der Waals surface area contributed by atoms with Crippen LogP contribution in [0.1, 0.15) is 31.4 Å². The van der Waals surface area contributed by atoms with Crippen molar-refractivity contribution in [3.63, 3.8) is 0 Å². The predicted octanol–water partition coefficient (Wildman–Crippen LogP) is 3.88. The zero-order valence-electron chi connectivity index (χ0n) is 9.13. The highest BCUT2D eigenvalue weighted by molar-refractivity contribution is 7.20. The molecule has 0 amide bonds. The van der Waals surface area contributed by atoms with Crippen molar-refractivity contribution in [3.8, 4) is 0 Å². The molecular formula is C11H15Cl2NOS. The quantitative estimate of drug-likeness (QED) is 0.903. The number of hydrogen-bond acceptors (Lipinski definition) is 3. The van der Waals surface area contributed by atoms with E-state index in [-0.39, 0.29) is 12.1 Å². The summed E-state index contributed by atoms with van der Waals surface area (Å²) in [5, 5.41) is 3.43. The number of nitrogens with one attached hydrogen (secondary N) is 1. The van der Waals surface area contributed by atoms with Crippen molar-refractivity contribution in [2.45, 2.75) is 31.9 Å². The fraction of sp³-hybridized carbons (Fsp3) is 0.636. The largest absolute Gasteiger partial charge is 0.376 e. The molecule has 16 heavy (non-hydrogen) atoms. The molecule has 1 aromatic heterocycles. The molecule has 0 radical (unpaired) electrons. The molecule has 2 rings (SSSR count). The van der Waals surface area contributed by atoms with Gasteiger partial charge in [-0.25, -0.2) is 0 Å². The monoisotopic (exact) mass is 279 g/mol. The molecule has 0 bridgehead atoms. The van der Waals surface area contributed by atoms with Crippen LogP contribution in [0, 0.1) is 0 Å². The lowest BCUT2D eigenvalue weighted by atomic mass is 10.0. The summed E-state index contributed by atoms with van der Waals surface area (Å²) in [6, 6.07) is 2.12. The van der Waals surface area contributed by atoms with Crippen molar-refractivity contribution in [1.82, 2.24) is 5.32 Å². The van der Waals surface area contributed by atoms with Crippen LogP contribution in [0.25, 0.3) is 0 Å². The minimum Gasteiger partial charge on any atom is -0.376 e. The minimum absolute atomic E-state index is 0.170. The lowest BCUT2D eigenvalue weighted by Crippen LogP contribution is -2.31. The van der Waals surface area contributed by atoms with Gasteiger partial charge in [0.25, 0.3) is 0 Å². The third-order valence-electron chi connectivity index (χ3n) is 2.78. The number of ether oxygens (including phenoxy) is 1. The van der Waals surface area contributed by atoms with E-state index >= 15 is 0 Å². The van der Waals surface area contributed by atoms with Gasteiger partial charge in [0.1, 0.15) is 0 Å². The van der Waals surface area contributed by atoms with Crippen molar-refractivity contribution in [2.75, 3.05) is 13.2 Å². The van der Waals surface area contributed by atoms with Crippen molar-refractivity contribution >= 4 is 34.5 Å². The van der Waals surface area contributed by atoms with Gasteiger partial charge in [0, 0.05) is 12.2 Å². The highest BCUT2D eigenvalue weighted by Gasteiger charge is 2.29. The summed E-state index contributed by atoms with van der Waals surface area (Å²) in [5.74, 6) is 0. The second-order valence-corrected chi connectivity index (χ2v) is 6.15. The Bertz CT molecular complexity index is 350. The van der Waals surface area contributed by atoms with E-state index in [1.807, 2.05) is 6.07 Å². The zero-order chi connectivity index (χ0) is 11.5. The summed E-state index contributed by atoms with van der Waals surface area (Å²) in [6.45, 7) is 3.83. The highest BCUT2D eigenvalue weighted by atomic mass is 35.5. The molecule has 2 atom stereocenters. The molecule has 5 heteroatoms. The Labute approximate surface area is 110 Å². The number of rotatable bonds is 4. The number of thiophene rings is 1. The van der Waals surface area contributed by atoms with Crippen LogP contribution in [-0.4, -0.2) is 19.3 Å². The van der Waals surface area contributed by atoms with E-state index in [4.69, 9.17) is 27.9 Å². The molecule has 0 saturated carbocycles. The van der Waals surface area contributed by atoms with Crippen LogP contribution in [0.2, 0.25) is 8.67 Å². The normalized spacial score (nSPS) is 22.6. The molecule has 1 fully saturated rings. The van der Waals surface area contributed by atoms with Gasteiger partial charge in [-0.05, 0) is 25.5 Å². The molecule has 1 N–H and O–H groups in total. The number of halogens is 2. The van der Waals surface area contributed by atoms with Crippen LogP contribution in [0.3, 0.4) is 0 Å². The SMILES string of the molecule is CCNC(c1cc(Cl)sc1Cl)C1CCCO1. The summed E-state index contributed by atoms with van der Waals surface area (Å²) in [6.07, 6.45) is 2.44. The van der Waals surface area contributed by atoms with Crippen LogP contribution in [0.15, 0.2) is 6.07 Å². The summed E-state index contributed by atoms with van der Waals surface area (Å²) in [5.41, 5.74) is 1.07. The van der Waals surface area contributed by atoms with E-state index in [1.165, 1.54) is 11.3 Å². The van der Waals surface area contributed by atoms with Crippen molar-refractivity contribution in [3.05, 3.63) is 20.3 Å². The third-order valence-corrected chi connectivity index (χ3v) is 4.30. The first-order valence-electron chi connectivity index (χ1n) is 5.52. The first kappa shape index (κ1) is 12.7. The predicted molar refractivity (Wildman–Crippen MR) is 69.7 cm³/mol. The van der Waals surface area contributed by atoms with Crippen LogP contribution in [0.4, 0.5) is 0 Å². The second kappa shape index (κ2) is 5.69. The molecule has 1 aliphatic heterocycles.